The third-order valence-electron chi connectivity index (χ3n) is 3.80. The van der Waals surface area contributed by atoms with Crippen LogP contribution in [0.25, 0.3) is 0 Å². The zero-order chi connectivity index (χ0) is 13.1. The summed E-state index contributed by atoms with van der Waals surface area (Å²) >= 11 is 6.20. The molecule has 4 nitrogen and oxygen atoms in total. The number of nitrogens with one attached hydrogen (secondary N) is 1. The zero-order valence-corrected chi connectivity index (χ0v) is 12.1. The molecule has 0 aromatic carbocycles. The van der Waals surface area contributed by atoms with Crippen molar-refractivity contribution in [1.82, 2.24) is 15.1 Å². The number of hydrogen-bond acceptors (Lipinski definition) is 3. The summed E-state index contributed by atoms with van der Waals surface area (Å²) in [6, 6.07) is 0.660. The second-order valence-electron chi connectivity index (χ2n) is 5.04. The second-order valence-corrected chi connectivity index (χ2v) is 5.42. The van der Waals surface area contributed by atoms with Crippen LogP contribution in [0.4, 0.5) is 0 Å². The molecule has 1 aliphatic rings. The Morgan fingerprint density at radius 1 is 1.39 bits per heavy atom. The summed E-state index contributed by atoms with van der Waals surface area (Å²) in [4.78, 5) is 0. The lowest BCUT2D eigenvalue weighted by atomic mass is 9.93. The maximum atomic E-state index is 6.20. The van der Waals surface area contributed by atoms with Crippen molar-refractivity contribution in [2.75, 3.05) is 7.05 Å². The SMILES string of the molecule is CNC1CCC(OCc2c(Cl)c(C)nn2C)CC1. The topological polar surface area (TPSA) is 39.1 Å². The molecule has 0 aliphatic heterocycles. The number of nitrogens with zero attached hydrogens (tertiary/aromatic N) is 2. The van der Waals surface area contributed by atoms with Crippen LogP contribution >= 0.6 is 11.6 Å². The molecule has 0 unspecified atom stereocenters. The maximum Gasteiger partial charge on any atom is 0.0903 e. The monoisotopic (exact) mass is 271 g/mol. The number of halogens is 1. The molecule has 1 saturated carbocycles. The van der Waals surface area contributed by atoms with Crippen molar-refractivity contribution < 1.29 is 4.74 Å². The molecule has 1 fully saturated rings. The number of rotatable bonds is 4. The van der Waals surface area contributed by atoms with E-state index in [0.29, 0.717) is 18.8 Å². The van der Waals surface area contributed by atoms with Gasteiger partial charge in [-0.15, -0.1) is 0 Å². The van der Waals surface area contributed by atoms with Crippen molar-refractivity contribution >= 4 is 11.6 Å². The molecule has 0 bridgehead atoms. The third-order valence-corrected chi connectivity index (χ3v) is 4.29. The summed E-state index contributed by atoms with van der Waals surface area (Å²) in [6.45, 7) is 2.48. The van der Waals surface area contributed by atoms with Gasteiger partial charge in [0.25, 0.3) is 0 Å². The minimum absolute atomic E-state index is 0.362. The van der Waals surface area contributed by atoms with E-state index in [1.54, 1.807) is 0 Å². The standard InChI is InChI=1S/C13H22ClN3O/c1-9-13(14)12(17(3)16-9)8-18-11-6-4-10(15-2)5-7-11/h10-11,15H,4-8H2,1-3H3. The van der Waals surface area contributed by atoms with Crippen LogP contribution in [0.3, 0.4) is 0 Å². The fourth-order valence-electron chi connectivity index (χ4n) is 2.55. The molecular formula is C13H22ClN3O. The average Bonchev–Trinajstić information content (AvgIpc) is 2.62. The molecule has 18 heavy (non-hydrogen) atoms. The van der Waals surface area contributed by atoms with Crippen LogP contribution in [0, 0.1) is 6.92 Å². The Balaban J connectivity index is 1.85. The van der Waals surface area contributed by atoms with Crippen LogP contribution in [0.2, 0.25) is 5.02 Å². The van der Waals surface area contributed by atoms with Gasteiger partial charge >= 0.3 is 0 Å². The molecular weight excluding hydrogens is 250 g/mol. The van der Waals surface area contributed by atoms with E-state index in [0.717, 1.165) is 29.3 Å². The van der Waals surface area contributed by atoms with Gasteiger partial charge in [-0.3, -0.25) is 4.68 Å². The van der Waals surface area contributed by atoms with E-state index in [1.165, 1.54) is 12.8 Å². The Hall–Kier alpha value is -0.580. The van der Waals surface area contributed by atoms with Crippen molar-refractivity contribution in [3.63, 3.8) is 0 Å². The van der Waals surface area contributed by atoms with Crippen LogP contribution in [0.1, 0.15) is 37.1 Å². The van der Waals surface area contributed by atoms with Crippen LogP contribution in [-0.2, 0) is 18.4 Å². The normalized spacial score (nSPS) is 24.4. The molecule has 0 spiro atoms. The molecule has 5 heteroatoms. The summed E-state index contributed by atoms with van der Waals surface area (Å²) in [5, 5.41) is 8.36. The summed E-state index contributed by atoms with van der Waals surface area (Å²) in [5.74, 6) is 0. The van der Waals surface area contributed by atoms with E-state index >= 15 is 0 Å². The number of hydrogen-bond donors (Lipinski definition) is 1. The molecule has 0 amide bonds. The van der Waals surface area contributed by atoms with Gasteiger partial charge in [-0.1, -0.05) is 11.6 Å². The number of aryl methyl sites for hydroxylation is 2. The van der Waals surface area contributed by atoms with E-state index in [2.05, 4.69) is 10.4 Å². The van der Waals surface area contributed by atoms with Crippen molar-refractivity contribution in [1.29, 1.82) is 0 Å². The highest BCUT2D eigenvalue weighted by Gasteiger charge is 2.21. The Morgan fingerprint density at radius 3 is 2.56 bits per heavy atom. The highest BCUT2D eigenvalue weighted by Crippen LogP contribution is 2.24. The molecule has 0 saturated heterocycles. The van der Waals surface area contributed by atoms with Gasteiger partial charge in [-0.25, -0.2) is 0 Å². The molecule has 0 atom stereocenters. The van der Waals surface area contributed by atoms with E-state index in [4.69, 9.17) is 16.3 Å². The fraction of sp³-hybridized carbons (Fsp3) is 0.769. The first kappa shape index (κ1) is 13.8. The highest BCUT2D eigenvalue weighted by molar-refractivity contribution is 6.31. The van der Waals surface area contributed by atoms with Crippen LogP contribution in [-0.4, -0.2) is 29.0 Å². The smallest absolute Gasteiger partial charge is 0.0903 e. The quantitative estimate of drug-likeness (QED) is 0.914. The maximum absolute atomic E-state index is 6.20. The largest absolute Gasteiger partial charge is 0.372 e. The third kappa shape index (κ3) is 3.05. The summed E-state index contributed by atoms with van der Waals surface area (Å²) < 4.78 is 7.78. The van der Waals surface area contributed by atoms with E-state index in [-0.39, 0.29) is 0 Å². The molecule has 1 aromatic heterocycles. The Morgan fingerprint density at radius 2 is 2.06 bits per heavy atom. The van der Waals surface area contributed by atoms with Crippen LogP contribution < -0.4 is 5.32 Å². The van der Waals surface area contributed by atoms with Gasteiger partial charge in [-0.2, -0.15) is 5.10 Å². The van der Waals surface area contributed by atoms with Gasteiger partial charge < -0.3 is 10.1 Å². The predicted octanol–water partition coefficient (Wildman–Crippen LogP) is 2.43. The lowest BCUT2D eigenvalue weighted by molar-refractivity contribution is 0.00905. The highest BCUT2D eigenvalue weighted by atomic mass is 35.5. The first-order valence-electron chi connectivity index (χ1n) is 6.58. The summed E-state index contributed by atoms with van der Waals surface area (Å²) in [5.41, 5.74) is 1.85. The van der Waals surface area contributed by atoms with Gasteiger partial charge in [0.15, 0.2) is 0 Å². The Labute approximate surface area is 114 Å². The first-order chi connectivity index (χ1) is 8.61. The first-order valence-corrected chi connectivity index (χ1v) is 6.96. The summed E-state index contributed by atoms with van der Waals surface area (Å²) in [7, 11) is 3.94. The molecule has 102 valence electrons. The minimum atomic E-state index is 0.362. The average molecular weight is 272 g/mol. The van der Waals surface area contributed by atoms with Gasteiger partial charge in [-0.05, 0) is 39.7 Å². The number of ether oxygens (including phenoxy) is 1. The van der Waals surface area contributed by atoms with E-state index in [1.807, 2.05) is 25.7 Å². The molecule has 1 heterocycles. The van der Waals surface area contributed by atoms with Crippen LogP contribution in [0.5, 0.6) is 0 Å². The van der Waals surface area contributed by atoms with Crippen molar-refractivity contribution in [3.8, 4) is 0 Å². The van der Waals surface area contributed by atoms with Gasteiger partial charge in [0.1, 0.15) is 0 Å². The zero-order valence-electron chi connectivity index (χ0n) is 11.4. The molecule has 1 N–H and O–H groups in total. The molecule has 1 aromatic rings. The van der Waals surface area contributed by atoms with Gasteiger partial charge in [0.05, 0.1) is 29.1 Å². The second kappa shape index (κ2) is 6.04. The number of aromatic nitrogens is 2. The van der Waals surface area contributed by atoms with Gasteiger partial charge in [0, 0.05) is 13.1 Å². The lowest BCUT2D eigenvalue weighted by Gasteiger charge is -2.28. The molecule has 1 aliphatic carbocycles. The fourth-order valence-corrected chi connectivity index (χ4v) is 2.77. The van der Waals surface area contributed by atoms with Crippen molar-refractivity contribution in [3.05, 3.63) is 16.4 Å². The van der Waals surface area contributed by atoms with Gasteiger partial charge in [0.2, 0.25) is 0 Å². The Bertz CT molecular complexity index is 397. The van der Waals surface area contributed by atoms with E-state index in [9.17, 15) is 0 Å². The molecule has 2 rings (SSSR count). The summed E-state index contributed by atoms with van der Waals surface area (Å²) in [6.07, 6.45) is 5.00. The predicted molar refractivity (Wildman–Crippen MR) is 72.8 cm³/mol. The molecule has 0 radical (unpaired) electrons. The lowest BCUT2D eigenvalue weighted by Crippen LogP contribution is -2.33. The minimum Gasteiger partial charge on any atom is -0.372 e. The van der Waals surface area contributed by atoms with Crippen molar-refractivity contribution in [2.45, 2.75) is 51.4 Å². The van der Waals surface area contributed by atoms with E-state index < -0.39 is 0 Å². The van der Waals surface area contributed by atoms with Crippen molar-refractivity contribution in [2.24, 2.45) is 7.05 Å². The Kier molecular flexibility index (Phi) is 4.65. The van der Waals surface area contributed by atoms with Crippen LogP contribution in [0.15, 0.2) is 0 Å².